The second-order valence-corrected chi connectivity index (χ2v) is 4.38. The van der Waals surface area contributed by atoms with Gasteiger partial charge >= 0.3 is 0 Å². The fraction of sp³-hybridized carbons (Fsp3) is 0.357. The standard InChI is InChI=1S/C14H19N3/c1-10-5-4-6-12(9-10)14-11(2)16-13(17-14)7-8-15-3/h4-6,9,15H,7-8H2,1-3H3,(H,16,17). The quantitative estimate of drug-likeness (QED) is 0.845. The van der Waals surface area contributed by atoms with Crippen LogP contribution in [0.4, 0.5) is 0 Å². The van der Waals surface area contributed by atoms with E-state index in [1.807, 2.05) is 7.05 Å². The zero-order valence-corrected chi connectivity index (χ0v) is 10.7. The van der Waals surface area contributed by atoms with Crippen molar-refractivity contribution in [2.75, 3.05) is 13.6 Å². The minimum atomic E-state index is 0.934. The molecule has 0 radical (unpaired) electrons. The molecule has 1 aromatic heterocycles. The van der Waals surface area contributed by atoms with Crippen LogP contribution in [-0.2, 0) is 6.42 Å². The molecule has 0 aliphatic heterocycles. The van der Waals surface area contributed by atoms with Crippen molar-refractivity contribution >= 4 is 0 Å². The maximum Gasteiger partial charge on any atom is 0.108 e. The Morgan fingerprint density at radius 1 is 1.29 bits per heavy atom. The van der Waals surface area contributed by atoms with Gasteiger partial charge in [0.05, 0.1) is 5.69 Å². The topological polar surface area (TPSA) is 40.7 Å². The van der Waals surface area contributed by atoms with Gasteiger partial charge in [-0.3, -0.25) is 0 Å². The average molecular weight is 229 g/mol. The summed E-state index contributed by atoms with van der Waals surface area (Å²) in [7, 11) is 1.96. The number of imidazole rings is 1. The Balaban J connectivity index is 2.29. The molecular formula is C14H19N3. The van der Waals surface area contributed by atoms with E-state index in [-0.39, 0.29) is 0 Å². The van der Waals surface area contributed by atoms with Crippen molar-refractivity contribution in [2.24, 2.45) is 0 Å². The van der Waals surface area contributed by atoms with Crippen LogP contribution in [0.1, 0.15) is 17.1 Å². The molecule has 1 heterocycles. The number of aromatic nitrogens is 2. The molecule has 0 saturated heterocycles. The SMILES string of the molecule is CNCCc1nc(-c2cccc(C)c2)c(C)[nH]1. The highest BCUT2D eigenvalue weighted by Gasteiger charge is 2.08. The van der Waals surface area contributed by atoms with Gasteiger partial charge in [-0.05, 0) is 27.0 Å². The van der Waals surface area contributed by atoms with Crippen molar-refractivity contribution < 1.29 is 0 Å². The van der Waals surface area contributed by atoms with Gasteiger partial charge in [0.15, 0.2) is 0 Å². The van der Waals surface area contributed by atoms with E-state index in [4.69, 9.17) is 0 Å². The first kappa shape index (κ1) is 11.9. The molecule has 0 atom stereocenters. The van der Waals surface area contributed by atoms with E-state index in [0.29, 0.717) is 0 Å². The van der Waals surface area contributed by atoms with Gasteiger partial charge in [-0.15, -0.1) is 0 Å². The number of rotatable bonds is 4. The molecule has 0 aliphatic carbocycles. The van der Waals surface area contributed by atoms with Gasteiger partial charge in [-0.2, -0.15) is 0 Å². The molecule has 0 saturated carbocycles. The summed E-state index contributed by atoms with van der Waals surface area (Å²) in [6.45, 7) is 5.13. The van der Waals surface area contributed by atoms with Gasteiger partial charge in [0.25, 0.3) is 0 Å². The number of benzene rings is 1. The van der Waals surface area contributed by atoms with E-state index in [9.17, 15) is 0 Å². The molecule has 0 bridgehead atoms. The van der Waals surface area contributed by atoms with Crippen LogP contribution in [0.15, 0.2) is 24.3 Å². The van der Waals surface area contributed by atoms with Crippen molar-refractivity contribution in [2.45, 2.75) is 20.3 Å². The lowest BCUT2D eigenvalue weighted by atomic mass is 10.1. The Hall–Kier alpha value is -1.61. The maximum atomic E-state index is 4.66. The van der Waals surface area contributed by atoms with Gasteiger partial charge < -0.3 is 10.3 Å². The monoisotopic (exact) mass is 229 g/mol. The number of hydrogen-bond acceptors (Lipinski definition) is 2. The van der Waals surface area contributed by atoms with Gasteiger partial charge in [0, 0.05) is 24.2 Å². The zero-order chi connectivity index (χ0) is 12.3. The smallest absolute Gasteiger partial charge is 0.108 e. The highest BCUT2D eigenvalue weighted by molar-refractivity contribution is 5.62. The van der Waals surface area contributed by atoms with E-state index in [1.54, 1.807) is 0 Å². The Morgan fingerprint density at radius 2 is 2.12 bits per heavy atom. The van der Waals surface area contributed by atoms with Crippen molar-refractivity contribution in [3.63, 3.8) is 0 Å². The number of nitrogens with one attached hydrogen (secondary N) is 2. The molecule has 17 heavy (non-hydrogen) atoms. The molecule has 1 aromatic carbocycles. The Morgan fingerprint density at radius 3 is 2.82 bits per heavy atom. The van der Waals surface area contributed by atoms with E-state index < -0.39 is 0 Å². The lowest BCUT2D eigenvalue weighted by molar-refractivity contribution is 0.763. The summed E-state index contributed by atoms with van der Waals surface area (Å²) in [6.07, 6.45) is 0.934. The van der Waals surface area contributed by atoms with Gasteiger partial charge in [-0.25, -0.2) is 4.98 Å². The molecule has 2 N–H and O–H groups in total. The molecule has 0 fully saturated rings. The number of aromatic amines is 1. The third kappa shape index (κ3) is 2.74. The minimum absolute atomic E-state index is 0.934. The maximum absolute atomic E-state index is 4.66. The first-order valence-electron chi connectivity index (χ1n) is 5.98. The summed E-state index contributed by atoms with van der Waals surface area (Å²) in [5.74, 6) is 1.05. The predicted molar refractivity (Wildman–Crippen MR) is 71.1 cm³/mol. The third-order valence-corrected chi connectivity index (χ3v) is 2.84. The summed E-state index contributed by atoms with van der Waals surface area (Å²) >= 11 is 0. The fourth-order valence-corrected chi connectivity index (χ4v) is 1.96. The van der Waals surface area contributed by atoms with E-state index >= 15 is 0 Å². The van der Waals surface area contributed by atoms with Crippen LogP contribution in [0.3, 0.4) is 0 Å². The molecule has 0 unspecified atom stereocenters. The lowest BCUT2D eigenvalue weighted by Gasteiger charge is -1.99. The van der Waals surface area contributed by atoms with Crippen molar-refractivity contribution in [3.05, 3.63) is 41.3 Å². The van der Waals surface area contributed by atoms with Crippen LogP contribution in [0, 0.1) is 13.8 Å². The van der Waals surface area contributed by atoms with Crippen molar-refractivity contribution in [1.29, 1.82) is 0 Å². The molecular weight excluding hydrogens is 210 g/mol. The van der Waals surface area contributed by atoms with Crippen LogP contribution >= 0.6 is 0 Å². The Bertz CT molecular complexity index is 500. The number of likely N-dealkylation sites (N-methyl/N-ethyl adjacent to an activating group) is 1. The predicted octanol–water partition coefficient (Wildman–Crippen LogP) is 2.46. The van der Waals surface area contributed by atoms with Crippen LogP contribution in [0.25, 0.3) is 11.3 Å². The van der Waals surface area contributed by atoms with Gasteiger partial charge in [-0.1, -0.05) is 23.8 Å². The fourth-order valence-electron chi connectivity index (χ4n) is 1.96. The Labute approximate surface area is 102 Å². The summed E-state index contributed by atoms with van der Waals surface area (Å²) in [5.41, 5.74) is 4.66. The number of hydrogen-bond donors (Lipinski definition) is 2. The Kier molecular flexibility index (Phi) is 3.59. The van der Waals surface area contributed by atoms with Crippen LogP contribution in [-0.4, -0.2) is 23.6 Å². The summed E-state index contributed by atoms with van der Waals surface area (Å²) in [4.78, 5) is 8.01. The van der Waals surface area contributed by atoms with Gasteiger partial charge in [0.1, 0.15) is 5.82 Å². The van der Waals surface area contributed by atoms with E-state index in [1.165, 1.54) is 11.1 Å². The first-order chi connectivity index (χ1) is 8.20. The molecule has 0 spiro atoms. The van der Waals surface area contributed by atoms with Crippen LogP contribution < -0.4 is 5.32 Å². The minimum Gasteiger partial charge on any atom is -0.346 e. The van der Waals surface area contributed by atoms with E-state index in [2.05, 4.69) is 53.4 Å². The molecule has 3 nitrogen and oxygen atoms in total. The second kappa shape index (κ2) is 5.15. The molecule has 90 valence electrons. The highest BCUT2D eigenvalue weighted by Crippen LogP contribution is 2.22. The lowest BCUT2D eigenvalue weighted by Crippen LogP contribution is -2.11. The van der Waals surface area contributed by atoms with Crippen molar-refractivity contribution in [1.82, 2.24) is 15.3 Å². The molecule has 2 rings (SSSR count). The highest BCUT2D eigenvalue weighted by atomic mass is 14.9. The number of H-pyrrole nitrogens is 1. The zero-order valence-electron chi connectivity index (χ0n) is 10.7. The molecule has 2 aromatic rings. The average Bonchev–Trinajstić information content (AvgIpc) is 2.68. The van der Waals surface area contributed by atoms with E-state index in [0.717, 1.165) is 30.2 Å². The molecule has 3 heteroatoms. The summed E-state index contributed by atoms with van der Waals surface area (Å²) in [5, 5.41) is 3.13. The largest absolute Gasteiger partial charge is 0.346 e. The normalized spacial score (nSPS) is 10.8. The first-order valence-corrected chi connectivity index (χ1v) is 5.98. The second-order valence-electron chi connectivity index (χ2n) is 4.38. The molecule has 0 amide bonds. The number of nitrogens with zero attached hydrogens (tertiary/aromatic N) is 1. The third-order valence-electron chi connectivity index (χ3n) is 2.84. The molecule has 0 aliphatic rings. The van der Waals surface area contributed by atoms with Crippen molar-refractivity contribution in [3.8, 4) is 11.3 Å². The van der Waals surface area contributed by atoms with Crippen LogP contribution in [0.5, 0.6) is 0 Å². The number of aryl methyl sites for hydroxylation is 2. The summed E-state index contributed by atoms with van der Waals surface area (Å²) in [6, 6.07) is 8.46. The van der Waals surface area contributed by atoms with Crippen LogP contribution in [0.2, 0.25) is 0 Å². The van der Waals surface area contributed by atoms with Gasteiger partial charge in [0.2, 0.25) is 0 Å². The summed E-state index contributed by atoms with van der Waals surface area (Å²) < 4.78 is 0.